The Kier molecular flexibility index (Phi) is 3.95. The second-order valence-corrected chi connectivity index (χ2v) is 5.74. The average Bonchev–Trinajstić information content (AvgIpc) is 2.06. The molecule has 0 fully saturated rings. The van der Waals surface area contributed by atoms with E-state index in [0.717, 1.165) is 16.7 Å². The Morgan fingerprint density at radius 1 is 1.12 bits per heavy atom. The monoisotopic (exact) mass is 242 g/mol. The standard InChI is InChI=1S/C12H19O3P/c1-8-6-9(2)11(15-16(13)14)10(7-8)12(3,4)5/h6-7,13-14H,1-5H3. The molecule has 4 heteroatoms. The first-order valence-corrected chi connectivity index (χ1v) is 6.36. The fourth-order valence-electron chi connectivity index (χ4n) is 1.71. The van der Waals surface area contributed by atoms with E-state index >= 15 is 0 Å². The van der Waals surface area contributed by atoms with E-state index in [9.17, 15) is 0 Å². The first-order chi connectivity index (χ1) is 7.21. The highest BCUT2D eigenvalue weighted by atomic mass is 31.2. The quantitative estimate of drug-likeness (QED) is 0.783. The first kappa shape index (κ1) is 13.4. The van der Waals surface area contributed by atoms with Crippen LogP contribution < -0.4 is 4.52 Å². The Bertz CT molecular complexity index is 381. The molecule has 0 amide bonds. The molecule has 0 spiro atoms. The molecule has 0 heterocycles. The summed E-state index contributed by atoms with van der Waals surface area (Å²) in [5, 5.41) is 0. The SMILES string of the molecule is Cc1cc(C)c(OP(O)O)c(C(C)(C)C)c1. The lowest BCUT2D eigenvalue weighted by atomic mass is 9.84. The van der Waals surface area contributed by atoms with Gasteiger partial charge >= 0.3 is 8.60 Å². The smallest absolute Gasteiger partial charge is 0.391 e. The van der Waals surface area contributed by atoms with Gasteiger partial charge in [0.1, 0.15) is 5.75 Å². The minimum atomic E-state index is -2.37. The van der Waals surface area contributed by atoms with E-state index in [1.165, 1.54) is 0 Å². The van der Waals surface area contributed by atoms with Crippen LogP contribution in [-0.2, 0) is 5.41 Å². The molecule has 0 saturated heterocycles. The third-order valence-corrected chi connectivity index (χ3v) is 2.75. The number of hydrogen-bond acceptors (Lipinski definition) is 3. The van der Waals surface area contributed by atoms with Gasteiger partial charge in [-0.25, -0.2) is 0 Å². The van der Waals surface area contributed by atoms with Gasteiger partial charge in [0.25, 0.3) is 0 Å². The molecule has 1 aromatic carbocycles. The van der Waals surface area contributed by atoms with Gasteiger partial charge in [0.15, 0.2) is 0 Å². The molecule has 0 unspecified atom stereocenters. The van der Waals surface area contributed by atoms with Gasteiger partial charge in [-0.05, 0) is 24.8 Å². The lowest BCUT2D eigenvalue weighted by Crippen LogP contribution is -2.13. The molecule has 0 aliphatic heterocycles. The second-order valence-electron chi connectivity index (χ2n) is 5.05. The van der Waals surface area contributed by atoms with Crippen molar-refractivity contribution in [3.05, 3.63) is 28.8 Å². The molecule has 3 nitrogen and oxygen atoms in total. The summed E-state index contributed by atoms with van der Waals surface area (Å²) in [5.74, 6) is 0.592. The molecule has 0 radical (unpaired) electrons. The minimum absolute atomic E-state index is 0.0859. The van der Waals surface area contributed by atoms with Crippen LogP contribution in [0.1, 0.15) is 37.5 Å². The fourth-order valence-corrected chi connectivity index (χ4v) is 2.12. The van der Waals surface area contributed by atoms with Gasteiger partial charge < -0.3 is 14.3 Å². The summed E-state index contributed by atoms with van der Waals surface area (Å²) in [4.78, 5) is 18.0. The van der Waals surface area contributed by atoms with Gasteiger partial charge in [-0.1, -0.05) is 38.5 Å². The van der Waals surface area contributed by atoms with E-state index in [2.05, 4.69) is 20.8 Å². The van der Waals surface area contributed by atoms with Crippen LogP contribution in [0.15, 0.2) is 12.1 Å². The van der Waals surface area contributed by atoms with E-state index in [1.54, 1.807) is 0 Å². The van der Waals surface area contributed by atoms with E-state index in [0.29, 0.717) is 5.75 Å². The lowest BCUT2D eigenvalue weighted by Gasteiger charge is -2.24. The Morgan fingerprint density at radius 3 is 2.12 bits per heavy atom. The topological polar surface area (TPSA) is 49.7 Å². The highest BCUT2D eigenvalue weighted by molar-refractivity contribution is 7.39. The zero-order valence-electron chi connectivity index (χ0n) is 10.4. The van der Waals surface area contributed by atoms with Crippen molar-refractivity contribution in [3.63, 3.8) is 0 Å². The van der Waals surface area contributed by atoms with Crippen LogP contribution >= 0.6 is 8.60 Å². The molecule has 2 N–H and O–H groups in total. The van der Waals surface area contributed by atoms with Gasteiger partial charge in [0.2, 0.25) is 0 Å². The minimum Gasteiger partial charge on any atom is -0.426 e. The second kappa shape index (κ2) is 4.70. The Morgan fingerprint density at radius 2 is 1.69 bits per heavy atom. The van der Waals surface area contributed by atoms with E-state index in [1.807, 2.05) is 26.0 Å². The highest BCUT2D eigenvalue weighted by Crippen LogP contribution is 2.40. The zero-order chi connectivity index (χ0) is 12.5. The summed E-state index contributed by atoms with van der Waals surface area (Å²) in [5.41, 5.74) is 2.99. The largest absolute Gasteiger partial charge is 0.426 e. The molecule has 0 bridgehead atoms. The highest BCUT2D eigenvalue weighted by Gasteiger charge is 2.22. The van der Waals surface area contributed by atoms with Crippen molar-refractivity contribution in [2.45, 2.75) is 40.0 Å². The maximum atomic E-state index is 8.99. The van der Waals surface area contributed by atoms with Crippen LogP contribution in [0.2, 0.25) is 0 Å². The van der Waals surface area contributed by atoms with Crippen LogP contribution in [0.5, 0.6) is 5.75 Å². The third kappa shape index (κ3) is 3.18. The predicted molar refractivity (Wildman–Crippen MR) is 66.6 cm³/mol. The van der Waals surface area contributed by atoms with Crippen LogP contribution in [0.25, 0.3) is 0 Å². The summed E-state index contributed by atoms with van der Waals surface area (Å²) in [6, 6.07) is 4.00. The molecule has 0 saturated carbocycles. The van der Waals surface area contributed by atoms with Crippen LogP contribution in [0, 0.1) is 13.8 Å². The number of hydrogen-bond donors (Lipinski definition) is 2. The molecular formula is C12H19O3P. The number of aryl methyl sites for hydroxylation is 2. The molecule has 90 valence electrons. The maximum absolute atomic E-state index is 8.99. The fraction of sp³-hybridized carbons (Fsp3) is 0.500. The third-order valence-electron chi connectivity index (χ3n) is 2.40. The van der Waals surface area contributed by atoms with Gasteiger partial charge in [-0.2, -0.15) is 0 Å². The van der Waals surface area contributed by atoms with Crippen molar-refractivity contribution in [1.29, 1.82) is 0 Å². The number of rotatable bonds is 2. The van der Waals surface area contributed by atoms with E-state index in [-0.39, 0.29) is 5.41 Å². The van der Waals surface area contributed by atoms with Crippen LogP contribution in [0.3, 0.4) is 0 Å². The molecule has 1 aromatic rings. The number of benzene rings is 1. The van der Waals surface area contributed by atoms with Gasteiger partial charge in [0.05, 0.1) is 0 Å². The van der Waals surface area contributed by atoms with Crippen LogP contribution in [-0.4, -0.2) is 9.79 Å². The van der Waals surface area contributed by atoms with Crippen molar-refractivity contribution in [2.24, 2.45) is 0 Å². The predicted octanol–water partition coefficient (Wildman–Crippen LogP) is 3.19. The van der Waals surface area contributed by atoms with Crippen LogP contribution in [0.4, 0.5) is 0 Å². The van der Waals surface area contributed by atoms with E-state index < -0.39 is 8.60 Å². The summed E-state index contributed by atoms with van der Waals surface area (Å²) < 4.78 is 5.13. The average molecular weight is 242 g/mol. The molecule has 1 rings (SSSR count). The normalized spacial score (nSPS) is 12.0. The molecule has 0 aliphatic rings. The van der Waals surface area contributed by atoms with Crippen molar-refractivity contribution < 1.29 is 14.3 Å². The molecule has 0 aliphatic carbocycles. The summed E-state index contributed by atoms with van der Waals surface area (Å²) in [6.07, 6.45) is 0. The Balaban J connectivity index is 3.33. The molecular weight excluding hydrogens is 223 g/mol. The maximum Gasteiger partial charge on any atom is 0.391 e. The summed E-state index contributed by atoms with van der Waals surface area (Å²) >= 11 is 0. The first-order valence-electron chi connectivity index (χ1n) is 5.19. The van der Waals surface area contributed by atoms with Crippen molar-refractivity contribution >= 4 is 8.60 Å². The Labute approximate surface area is 98.1 Å². The van der Waals surface area contributed by atoms with Crippen molar-refractivity contribution in [3.8, 4) is 5.75 Å². The van der Waals surface area contributed by atoms with Crippen molar-refractivity contribution in [2.75, 3.05) is 0 Å². The van der Waals surface area contributed by atoms with Gasteiger partial charge in [-0.15, -0.1) is 0 Å². The zero-order valence-corrected chi connectivity index (χ0v) is 11.3. The molecule has 0 atom stereocenters. The van der Waals surface area contributed by atoms with Gasteiger partial charge in [-0.3, -0.25) is 0 Å². The lowest BCUT2D eigenvalue weighted by molar-refractivity contribution is 0.368. The Hall–Kier alpha value is -0.630. The molecule has 0 aromatic heterocycles. The summed E-state index contributed by atoms with van der Waals surface area (Å²) in [6.45, 7) is 10.2. The summed E-state index contributed by atoms with van der Waals surface area (Å²) in [7, 11) is -2.37. The van der Waals surface area contributed by atoms with E-state index in [4.69, 9.17) is 14.3 Å². The molecule has 16 heavy (non-hydrogen) atoms. The van der Waals surface area contributed by atoms with Crippen molar-refractivity contribution in [1.82, 2.24) is 0 Å². The van der Waals surface area contributed by atoms with Gasteiger partial charge in [0, 0.05) is 5.56 Å².